The lowest BCUT2D eigenvalue weighted by Crippen LogP contribution is -2.35. The summed E-state index contributed by atoms with van der Waals surface area (Å²) in [6.07, 6.45) is -1.95. The number of benzene rings is 2. The van der Waals surface area contributed by atoms with Crippen molar-refractivity contribution in [3.05, 3.63) is 54.6 Å². The molecule has 0 saturated carbocycles. The van der Waals surface area contributed by atoms with E-state index in [1.807, 2.05) is 6.07 Å². The minimum absolute atomic E-state index is 0.0839. The minimum Gasteiger partial charge on any atom is -0.479 e. The van der Waals surface area contributed by atoms with Gasteiger partial charge in [-0.1, -0.05) is 18.2 Å². The molecule has 0 fully saturated rings. The van der Waals surface area contributed by atoms with Crippen LogP contribution < -0.4 is 14.8 Å². The molecule has 2 aromatic rings. The first-order valence-corrected chi connectivity index (χ1v) is 10.9. The standard InChI is InChI=1S/C21H26N2O6S/c1-14(2)23-30(26,27)19-12-10-17(11-13-19)22-20(24)15(3)29-21(25)16(4)28-18-8-6-5-7-9-18/h5-16,23H,1-4H3,(H,22,24)/t15-,16+/m1/s1. The Balaban J connectivity index is 1.91. The molecule has 2 aromatic carbocycles. The summed E-state index contributed by atoms with van der Waals surface area (Å²) in [4.78, 5) is 24.5. The van der Waals surface area contributed by atoms with E-state index in [0.717, 1.165) is 0 Å². The molecule has 8 nitrogen and oxygen atoms in total. The van der Waals surface area contributed by atoms with E-state index in [2.05, 4.69) is 10.0 Å². The number of nitrogens with one attached hydrogen (secondary N) is 2. The lowest BCUT2D eigenvalue weighted by atomic mass is 10.3. The number of carbonyl (C=O) groups is 2. The van der Waals surface area contributed by atoms with Crippen molar-refractivity contribution in [1.82, 2.24) is 4.72 Å². The van der Waals surface area contributed by atoms with E-state index in [1.165, 1.54) is 38.1 Å². The Hall–Kier alpha value is -2.91. The maximum atomic E-state index is 12.3. The first-order chi connectivity index (χ1) is 14.1. The molecule has 0 aliphatic heterocycles. The molecule has 2 rings (SSSR count). The van der Waals surface area contributed by atoms with Crippen LogP contribution in [0.2, 0.25) is 0 Å². The van der Waals surface area contributed by atoms with E-state index in [9.17, 15) is 18.0 Å². The van der Waals surface area contributed by atoms with E-state index < -0.39 is 34.1 Å². The molecule has 9 heteroatoms. The minimum atomic E-state index is -3.62. The van der Waals surface area contributed by atoms with E-state index in [1.54, 1.807) is 38.1 Å². The smallest absolute Gasteiger partial charge is 0.347 e. The Morgan fingerprint density at radius 3 is 2.03 bits per heavy atom. The largest absolute Gasteiger partial charge is 0.479 e. The number of anilines is 1. The number of amides is 1. The predicted molar refractivity (Wildman–Crippen MR) is 113 cm³/mol. The van der Waals surface area contributed by atoms with E-state index in [0.29, 0.717) is 11.4 Å². The van der Waals surface area contributed by atoms with Crippen LogP contribution in [0.1, 0.15) is 27.7 Å². The van der Waals surface area contributed by atoms with Gasteiger partial charge in [0, 0.05) is 11.7 Å². The molecule has 2 N–H and O–H groups in total. The molecular formula is C21H26N2O6S. The van der Waals surface area contributed by atoms with Crippen molar-refractivity contribution in [1.29, 1.82) is 0 Å². The predicted octanol–water partition coefficient (Wildman–Crippen LogP) is 2.71. The third-order valence-electron chi connectivity index (χ3n) is 3.87. The van der Waals surface area contributed by atoms with Gasteiger partial charge in [-0.2, -0.15) is 0 Å². The Labute approximate surface area is 176 Å². The highest BCUT2D eigenvalue weighted by Gasteiger charge is 2.23. The van der Waals surface area contributed by atoms with Crippen LogP contribution in [0.4, 0.5) is 5.69 Å². The number of esters is 1. The summed E-state index contributed by atoms with van der Waals surface area (Å²) in [7, 11) is -3.62. The molecule has 0 radical (unpaired) electrons. The van der Waals surface area contributed by atoms with Crippen LogP contribution in [-0.4, -0.2) is 38.5 Å². The van der Waals surface area contributed by atoms with Crippen molar-refractivity contribution >= 4 is 27.6 Å². The van der Waals surface area contributed by atoms with Gasteiger partial charge in [0.15, 0.2) is 12.2 Å². The van der Waals surface area contributed by atoms with Gasteiger partial charge in [0.05, 0.1) is 4.90 Å². The molecule has 162 valence electrons. The second-order valence-electron chi connectivity index (χ2n) is 6.94. The van der Waals surface area contributed by atoms with Crippen molar-refractivity contribution in [3.8, 4) is 5.75 Å². The second-order valence-corrected chi connectivity index (χ2v) is 8.66. The lowest BCUT2D eigenvalue weighted by Gasteiger charge is -2.18. The van der Waals surface area contributed by atoms with Gasteiger partial charge in [-0.15, -0.1) is 0 Å². The van der Waals surface area contributed by atoms with Gasteiger partial charge >= 0.3 is 5.97 Å². The van der Waals surface area contributed by atoms with E-state index in [4.69, 9.17) is 9.47 Å². The Kier molecular flexibility index (Phi) is 7.96. The van der Waals surface area contributed by atoms with Gasteiger partial charge in [-0.3, -0.25) is 4.79 Å². The first kappa shape index (κ1) is 23.4. The zero-order valence-electron chi connectivity index (χ0n) is 17.3. The monoisotopic (exact) mass is 434 g/mol. The average Bonchev–Trinajstić information content (AvgIpc) is 2.68. The molecule has 0 aromatic heterocycles. The molecule has 0 heterocycles. The molecule has 2 atom stereocenters. The molecule has 1 amide bonds. The van der Waals surface area contributed by atoms with E-state index in [-0.39, 0.29) is 10.9 Å². The molecule has 0 saturated heterocycles. The van der Waals surface area contributed by atoms with Crippen LogP contribution in [0.5, 0.6) is 5.75 Å². The van der Waals surface area contributed by atoms with Crippen LogP contribution in [0.3, 0.4) is 0 Å². The third-order valence-corrected chi connectivity index (χ3v) is 5.55. The molecule has 0 unspecified atom stereocenters. The molecular weight excluding hydrogens is 408 g/mol. The lowest BCUT2D eigenvalue weighted by molar-refractivity contribution is -0.159. The highest BCUT2D eigenvalue weighted by Crippen LogP contribution is 2.16. The summed E-state index contributed by atoms with van der Waals surface area (Å²) in [5.41, 5.74) is 0.375. The van der Waals surface area contributed by atoms with Gasteiger partial charge in [0.1, 0.15) is 5.75 Å². The van der Waals surface area contributed by atoms with Gasteiger partial charge in [0.2, 0.25) is 10.0 Å². The number of hydrogen-bond acceptors (Lipinski definition) is 6. The Morgan fingerprint density at radius 2 is 1.47 bits per heavy atom. The van der Waals surface area contributed by atoms with E-state index >= 15 is 0 Å². The summed E-state index contributed by atoms with van der Waals surface area (Å²) in [6.45, 7) is 6.42. The zero-order chi connectivity index (χ0) is 22.3. The fourth-order valence-corrected chi connectivity index (χ4v) is 3.67. The summed E-state index contributed by atoms with van der Waals surface area (Å²) in [6, 6.07) is 14.2. The molecule has 0 aliphatic carbocycles. The van der Waals surface area contributed by atoms with Crippen LogP contribution in [0.25, 0.3) is 0 Å². The molecule has 30 heavy (non-hydrogen) atoms. The maximum Gasteiger partial charge on any atom is 0.347 e. The van der Waals surface area contributed by atoms with Crippen LogP contribution in [0, 0.1) is 0 Å². The second kappa shape index (κ2) is 10.2. The highest BCUT2D eigenvalue weighted by atomic mass is 32.2. The van der Waals surface area contributed by atoms with Gasteiger partial charge in [-0.25, -0.2) is 17.9 Å². The number of hydrogen-bond donors (Lipinski definition) is 2. The first-order valence-electron chi connectivity index (χ1n) is 9.44. The summed E-state index contributed by atoms with van der Waals surface area (Å²) >= 11 is 0. The molecule has 0 spiro atoms. The van der Waals surface area contributed by atoms with Gasteiger partial charge < -0.3 is 14.8 Å². The van der Waals surface area contributed by atoms with Crippen LogP contribution in [0.15, 0.2) is 59.5 Å². The number of ether oxygens (including phenoxy) is 2. The van der Waals surface area contributed by atoms with Gasteiger partial charge in [0.25, 0.3) is 5.91 Å². The fourth-order valence-electron chi connectivity index (χ4n) is 2.41. The molecule has 0 aliphatic rings. The molecule has 0 bridgehead atoms. The van der Waals surface area contributed by atoms with Crippen LogP contribution in [-0.2, 0) is 24.3 Å². The van der Waals surface area contributed by atoms with Crippen molar-refractivity contribution in [3.63, 3.8) is 0 Å². The number of para-hydroxylation sites is 1. The van der Waals surface area contributed by atoms with Crippen molar-refractivity contribution in [2.75, 3.05) is 5.32 Å². The number of sulfonamides is 1. The summed E-state index contributed by atoms with van der Waals surface area (Å²) < 4.78 is 37.4. The maximum absolute atomic E-state index is 12.3. The number of rotatable bonds is 9. The van der Waals surface area contributed by atoms with Crippen molar-refractivity contribution in [2.24, 2.45) is 0 Å². The fraction of sp³-hybridized carbons (Fsp3) is 0.333. The highest BCUT2D eigenvalue weighted by molar-refractivity contribution is 7.89. The summed E-state index contributed by atoms with van der Waals surface area (Å²) in [5.74, 6) is -0.713. The quantitative estimate of drug-likeness (QED) is 0.587. The third kappa shape index (κ3) is 6.85. The SMILES string of the molecule is CC(C)NS(=O)(=O)c1ccc(NC(=O)[C@@H](C)OC(=O)[C@H](C)Oc2ccccc2)cc1. The average molecular weight is 435 g/mol. The van der Waals surface area contributed by atoms with Crippen molar-refractivity contribution in [2.45, 2.75) is 50.8 Å². The number of carbonyl (C=O) groups excluding carboxylic acids is 2. The zero-order valence-corrected chi connectivity index (χ0v) is 18.1. The topological polar surface area (TPSA) is 111 Å². The normalized spacial score (nSPS) is 13.4. The Bertz CT molecular complexity index is 959. The van der Waals surface area contributed by atoms with Gasteiger partial charge in [-0.05, 0) is 64.1 Å². The summed E-state index contributed by atoms with van der Waals surface area (Å²) in [5, 5.41) is 2.58. The van der Waals surface area contributed by atoms with Crippen LogP contribution >= 0.6 is 0 Å². The Morgan fingerprint density at radius 1 is 0.867 bits per heavy atom. The van der Waals surface area contributed by atoms with Crippen molar-refractivity contribution < 1.29 is 27.5 Å².